The van der Waals surface area contributed by atoms with Crippen molar-refractivity contribution in [2.75, 3.05) is 0 Å². The lowest BCUT2D eigenvalue weighted by molar-refractivity contribution is 0.704. The predicted molar refractivity (Wildman–Crippen MR) is 72.5 cm³/mol. The fourth-order valence-corrected chi connectivity index (χ4v) is 3.33. The number of halogens is 3. The van der Waals surface area contributed by atoms with Crippen molar-refractivity contribution in [3.8, 4) is 0 Å². The third-order valence-electron chi connectivity index (χ3n) is 2.85. The molecule has 0 N–H and O–H groups in total. The molecule has 1 fully saturated rings. The minimum Gasteiger partial charge on any atom is -0.118 e. The van der Waals surface area contributed by atoms with Crippen LogP contribution < -0.4 is 0 Å². The SMILES string of the molecule is Cc1cc(Br)c(C(Cl)CC2CC2)cc1Br. The van der Waals surface area contributed by atoms with Gasteiger partial charge in [-0.05, 0) is 42.5 Å². The van der Waals surface area contributed by atoms with E-state index < -0.39 is 0 Å². The number of benzene rings is 1. The maximum Gasteiger partial charge on any atom is 0.0599 e. The van der Waals surface area contributed by atoms with Crippen LogP contribution in [-0.4, -0.2) is 0 Å². The summed E-state index contributed by atoms with van der Waals surface area (Å²) in [5, 5.41) is 0.142. The fraction of sp³-hybridized carbons (Fsp3) is 0.500. The van der Waals surface area contributed by atoms with Gasteiger partial charge in [-0.25, -0.2) is 0 Å². The molecular formula is C12H13Br2Cl. The van der Waals surface area contributed by atoms with Crippen molar-refractivity contribution >= 4 is 43.5 Å². The van der Waals surface area contributed by atoms with E-state index in [0.717, 1.165) is 21.3 Å². The van der Waals surface area contributed by atoms with Crippen molar-refractivity contribution in [2.45, 2.75) is 31.6 Å². The summed E-state index contributed by atoms with van der Waals surface area (Å²) in [6.07, 6.45) is 3.82. The van der Waals surface area contributed by atoms with Gasteiger partial charge in [0.1, 0.15) is 0 Å². The van der Waals surface area contributed by atoms with Crippen LogP contribution >= 0.6 is 43.5 Å². The molecule has 1 aromatic carbocycles. The van der Waals surface area contributed by atoms with Gasteiger partial charge in [0.2, 0.25) is 0 Å². The van der Waals surface area contributed by atoms with Gasteiger partial charge in [-0.15, -0.1) is 11.6 Å². The third kappa shape index (κ3) is 2.98. The Hall–Kier alpha value is 0.470. The molecule has 1 atom stereocenters. The van der Waals surface area contributed by atoms with Gasteiger partial charge in [0.25, 0.3) is 0 Å². The van der Waals surface area contributed by atoms with Gasteiger partial charge in [-0.2, -0.15) is 0 Å². The number of hydrogen-bond acceptors (Lipinski definition) is 0. The van der Waals surface area contributed by atoms with Crippen LogP contribution in [0.5, 0.6) is 0 Å². The monoisotopic (exact) mass is 350 g/mol. The first-order valence-electron chi connectivity index (χ1n) is 5.17. The van der Waals surface area contributed by atoms with Crippen LogP contribution in [0.25, 0.3) is 0 Å². The highest BCUT2D eigenvalue weighted by molar-refractivity contribution is 9.11. The average molecular weight is 352 g/mol. The van der Waals surface area contributed by atoms with Gasteiger partial charge in [-0.3, -0.25) is 0 Å². The smallest absolute Gasteiger partial charge is 0.0599 e. The molecule has 2 rings (SSSR count). The Kier molecular flexibility index (Phi) is 3.79. The largest absolute Gasteiger partial charge is 0.118 e. The topological polar surface area (TPSA) is 0 Å². The molecular weight excluding hydrogens is 339 g/mol. The van der Waals surface area contributed by atoms with E-state index >= 15 is 0 Å². The number of alkyl halides is 1. The number of rotatable bonds is 3. The lowest BCUT2D eigenvalue weighted by Gasteiger charge is -2.13. The van der Waals surface area contributed by atoms with Gasteiger partial charge < -0.3 is 0 Å². The van der Waals surface area contributed by atoms with Crippen LogP contribution in [0.1, 0.15) is 35.8 Å². The van der Waals surface area contributed by atoms with Crippen molar-refractivity contribution in [3.63, 3.8) is 0 Å². The molecule has 1 saturated carbocycles. The van der Waals surface area contributed by atoms with E-state index in [1.165, 1.54) is 24.0 Å². The maximum absolute atomic E-state index is 6.42. The summed E-state index contributed by atoms with van der Waals surface area (Å²) in [5.41, 5.74) is 2.45. The van der Waals surface area contributed by atoms with Gasteiger partial charge in [-0.1, -0.05) is 44.7 Å². The Balaban J connectivity index is 2.21. The van der Waals surface area contributed by atoms with Crippen molar-refractivity contribution in [3.05, 3.63) is 32.2 Å². The molecule has 0 heterocycles. The Morgan fingerprint density at radius 2 is 2.00 bits per heavy atom. The number of hydrogen-bond donors (Lipinski definition) is 0. The minimum absolute atomic E-state index is 0.142. The molecule has 0 radical (unpaired) electrons. The molecule has 15 heavy (non-hydrogen) atoms. The van der Waals surface area contributed by atoms with Crippen LogP contribution in [-0.2, 0) is 0 Å². The van der Waals surface area contributed by atoms with Crippen LogP contribution in [0.4, 0.5) is 0 Å². The first-order valence-corrected chi connectivity index (χ1v) is 7.19. The fourth-order valence-electron chi connectivity index (χ4n) is 1.67. The van der Waals surface area contributed by atoms with Crippen LogP contribution in [0.15, 0.2) is 21.1 Å². The molecule has 0 nitrogen and oxygen atoms in total. The second kappa shape index (κ2) is 4.77. The van der Waals surface area contributed by atoms with E-state index in [-0.39, 0.29) is 5.38 Å². The molecule has 0 bridgehead atoms. The standard InChI is InChI=1S/C12H13Br2Cl/c1-7-4-11(14)9(6-10(7)13)12(15)5-8-2-3-8/h4,6,8,12H,2-3,5H2,1H3. The van der Waals surface area contributed by atoms with E-state index in [1.807, 2.05) is 0 Å². The molecule has 0 aromatic heterocycles. The molecule has 0 amide bonds. The van der Waals surface area contributed by atoms with E-state index in [1.54, 1.807) is 0 Å². The highest BCUT2D eigenvalue weighted by Gasteiger charge is 2.26. The summed E-state index contributed by atoms with van der Waals surface area (Å²) < 4.78 is 2.27. The van der Waals surface area contributed by atoms with E-state index in [9.17, 15) is 0 Å². The zero-order valence-corrected chi connectivity index (χ0v) is 12.5. The Morgan fingerprint density at radius 3 is 2.60 bits per heavy atom. The minimum atomic E-state index is 0.142. The van der Waals surface area contributed by atoms with E-state index in [4.69, 9.17) is 11.6 Å². The lowest BCUT2D eigenvalue weighted by Crippen LogP contribution is -1.94. The molecule has 1 aromatic rings. The molecule has 82 valence electrons. The highest BCUT2D eigenvalue weighted by atomic mass is 79.9. The van der Waals surface area contributed by atoms with Gasteiger partial charge in [0.05, 0.1) is 5.38 Å². The normalized spacial score (nSPS) is 17.9. The summed E-state index contributed by atoms with van der Waals surface area (Å²) in [6, 6.07) is 4.27. The summed E-state index contributed by atoms with van der Waals surface area (Å²) in [5.74, 6) is 0.861. The van der Waals surface area contributed by atoms with Crippen molar-refractivity contribution in [1.82, 2.24) is 0 Å². The Labute approximate surface area is 113 Å². The van der Waals surface area contributed by atoms with Gasteiger partial charge in [0.15, 0.2) is 0 Å². The van der Waals surface area contributed by atoms with Gasteiger partial charge in [0, 0.05) is 8.95 Å². The quantitative estimate of drug-likeness (QED) is 0.621. The van der Waals surface area contributed by atoms with Crippen LogP contribution in [0, 0.1) is 12.8 Å². The summed E-state index contributed by atoms with van der Waals surface area (Å²) in [6.45, 7) is 2.09. The van der Waals surface area contributed by atoms with Crippen molar-refractivity contribution < 1.29 is 0 Å². The molecule has 3 heteroatoms. The zero-order chi connectivity index (χ0) is 11.0. The first-order chi connectivity index (χ1) is 7.08. The van der Waals surface area contributed by atoms with Crippen molar-refractivity contribution in [1.29, 1.82) is 0 Å². The Morgan fingerprint density at radius 1 is 1.33 bits per heavy atom. The molecule has 1 aliphatic carbocycles. The molecule has 1 aliphatic rings. The highest BCUT2D eigenvalue weighted by Crippen LogP contribution is 2.42. The molecule has 1 unspecified atom stereocenters. The predicted octanol–water partition coefficient (Wildman–Crippen LogP) is 5.60. The van der Waals surface area contributed by atoms with E-state index in [2.05, 4.69) is 50.9 Å². The lowest BCUT2D eigenvalue weighted by atomic mass is 10.1. The molecule has 0 aliphatic heterocycles. The number of aryl methyl sites for hydroxylation is 1. The summed E-state index contributed by atoms with van der Waals surface area (Å²) in [7, 11) is 0. The maximum atomic E-state index is 6.42. The average Bonchev–Trinajstić information content (AvgIpc) is 2.95. The zero-order valence-electron chi connectivity index (χ0n) is 8.56. The first kappa shape index (κ1) is 11.9. The second-order valence-electron chi connectivity index (χ2n) is 4.27. The van der Waals surface area contributed by atoms with E-state index in [0.29, 0.717) is 0 Å². The molecule has 0 saturated heterocycles. The van der Waals surface area contributed by atoms with Crippen LogP contribution in [0.2, 0.25) is 0 Å². The Bertz CT molecular complexity index is 372. The summed E-state index contributed by atoms with van der Waals surface area (Å²) in [4.78, 5) is 0. The summed E-state index contributed by atoms with van der Waals surface area (Å²) >= 11 is 13.6. The van der Waals surface area contributed by atoms with Gasteiger partial charge >= 0.3 is 0 Å². The molecule has 0 spiro atoms. The van der Waals surface area contributed by atoms with Crippen molar-refractivity contribution in [2.24, 2.45) is 5.92 Å². The second-order valence-corrected chi connectivity index (χ2v) is 6.51. The van der Waals surface area contributed by atoms with Crippen LogP contribution in [0.3, 0.4) is 0 Å². The third-order valence-corrected chi connectivity index (χ3v) is 4.81.